The summed E-state index contributed by atoms with van der Waals surface area (Å²) in [7, 11) is 0. The van der Waals surface area contributed by atoms with Crippen molar-refractivity contribution in [2.45, 2.75) is 76.9 Å². The second-order valence-electron chi connectivity index (χ2n) is 14.0. The molecule has 0 amide bonds. The summed E-state index contributed by atoms with van der Waals surface area (Å²) in [6, 6.07) is 9.18. The minimum atomic E-state index is -2.29. The number of ketones is 2. The summed E-state index contributed by atoms with van der Waals surface area (Å²) in [4.78, 5) is 41.9. The first-order valence-corrected chi connectivity index (χ1v) is 15.9. The lowest BCUT2D eigenvalue weighted by molar-refractivity contribution is -0.212. The van der Waals surface area contributed by atoms with Gasteiger partial charge >= 0.3 is 5.97 Å². The van der Waals surface area contributed by atoms with Crippen LogP contribution < -0.4 is 0 Å². The number of ether oxygens (including phenoxy) is 1. The smallest absolute Gasteiger partial charge is 0.323 e. The maximum absolute atomic E-state index is 17.7. The van der Waals surface area contributed by atoms with Crippen molar-refractivity contribution in [3.63, 3.8) is 0 Å². The molecular weight excluding hydrogens is 568 g/mol. The first-order chi connectivity index (χ1) is 20.9. The Kier molecular flexibility index (Phi) is 7.78. The Morgan fingerprint density at radius 3 is 2.52 bits per heavy atom. The van der Waals surface area contributed by atoms with Crippen molar-refractivity contribution in [2.24, 2.45) is 34.0 Å². The molecule has 1 aliphatic heterocycles. The van der Waals surface area contributed by atoms with E-state index in [1.165, 1.54) is 12.2 Å². The number of carbonyl (C=O) groups excluding carboxylic acids is 3. The zero-order chi connectivity index (χ0) is 31.7. The topological polar surface area (TPSA) is 104 Å². The molecule has 2 N–H and O–H groups in total. The van der Waals surface area contributed by atoms with E-state index in [9.17, 15) is 24.6 Å². The van der Waals surface area contributed by atoms with Gasteiger partial charge in [0.25, 0.3) is 0 Å². The van der Waals surface area contributed by atoms with Crippen LogP contribution in [0.4, 0.5) is 8.78 Å². The summed E-state index contributed by atoms with van der Waals surface area (Å²) in [5.41, 5.74) is -4.93. The van der Waals surface area contributed by atoms with E-state index in [-0.39, 0.29) is 38.0 Å². The number of likely N-dealkylation sites (tertiary alicyclic amines) is 1. The van der Waals surface area contributed by atoms with Gasteiger partial charge in [-0.25, -0.2) is 8.78 Å². The summed E-state index contributed by atoms with van der Waals surface area (Å²) < 4.78 is 39.2. The second-order valence-corrected chi connectivity index (χ2v) is 14.0. The van der Waals surface area contributed by atoms with Crippen LogP contribution in [0.25, 0.3) is 0 Å². The molecule has 0 bridgehead atoms. The number of carbonyl (C=O) groups is 3. The van der Waals surface area contributed by atoms with E-state index in [2.05, 4.69) is 0 Å². The van der Waals surface area contributed by atoms with Crippen LogP contribution in [-0.2, 0) is 25.5 Å². The van der Waals surface area contributed by atoms with Gasteiger partial charge in [0.2, 0.25) is 0 Å². The number of alkyl halides is 2. The Hall–Kier alpha value is -2.75. The molecule has 1 heterocycles. The molecule has 1 aromatic carbocycles. The number of nitrogens with zero attached hydrogens (tertiary/aromatic N) is 1. The van der Waals surface area contributed by atoms with Crippen molar-refractivity contribution < 1.29 is 38.1 Å². The Morgan fingerprint density at radius 1 is 1.11 bits per heavy atom. The molecule has 0 spiro atoms. The van der Waals surface area contributed by atoms with E-state index < -0.39 is 82.1 Å². The van der Waals surface area contributed by atoms with Gasteiger partial charge in [0, 0.05) is 17.9 Å². The van der Waals surface area contributed by atoms with Crippen molar-refractivity contribution >= 4 is 17.5 Å². The predicted molar refractivity (Wildman–Crippen MR) is 159 cm³/mol. The highest BCUT2D eigenvalue weighted by molar-refractivity contribution is 6.01. The Bertz CT molecular complexity index is 1400. The van der Waals surface area contributed by atoms with Gasteiger partial charge in [-0.15, -0.1) is 0 Å². The SMILES string of the molecule is CCOC(=O)C1[C@@H]2C[C@H]3[C@@H]4C[C@H](F)C5=CC(=O)C=C[C@]5(C)[C@@]4(F)[C@@H](O)C[C@]3(C)[C@]2(C(=O)CO)CN1CCCc1ccccc1. The van der Waals surface area contributed by atoms with Gasteiger partial charge in [-0.05, 0) is 93.0 Å². The predicted octanol–water partition coefficient (Wildman–Crippen LogP) is 3.96. The maximum atomic E-state index is 17.7. The molecule has 238 valence electrons. The zero-order valence-corrected chi connectivity index (χ0v) is 25.7. The van der Waals surface area contributed by atoms with Crippen molar-refractivity contribution in [1.82, 2.24) is 4.90 Å². The molecule has 6 rings (SSSR count). The van der Waals surface area contributed by atoms with Crippen LogP contribution in [-0.4, -0.2) is 82.9 Å². The summed E-state index contributed by atoms with van der Waals surface area (Å²) in [5, 5.41) is 22.2. The van der Waals surface area contributed by atoms with Crippen LogP contribution >= 0.6 is 0 Å². The van der Waals surface area contributed by atoms with Crippen molar-refractivity contribution in [3.05, 3.63) is 59.7 Å². The fourth-order valence-corrected chi connectivity index (χ4v) is 10.4. The van der Waals surface area contributed by atoms with Crippen molar-refractivity contribution in [2.75, 3.05) is 26.3 Å². The summed E-state index contributed by atoms with van der Waals surface area (Å²) in [6.45, 7) is 5.20. The van der Waals surface area contributed by atoms with Crippen molar-refractivity contribution in [1.29, 1.82) is 0 Å². The average Bonchev–Trinajstić information content (AvgIpc) is 3.45. The highest BCUT2D eigenvalue weighted by Gasteiger charge is 2.79. The molecule has 4 aliphatic carbocycles. The molecule has 1 aromatic rings. The second kappa shape index (κ2) is 11.0. The third-order valence-electron chi connectivity index (χ3n) is 12.3. The lowest BCUT2D eigenvalue weighted by Gasteiger charge is -2.63. The monoisotopic (exact) mass is 611 g/mol. The first kappa shape index (κ1) is 31.2. The molecule has 5 aliphatic rings. The molecule has 4 fully saturated rings. The third-order valence-corrected chi connectivity index (χ3v) is 12.3. The molecular formula is C35H43F2NO6. The molecule has 3 saturated carbocycles. The zero-order valence-electron chi connectivity index (χ0n) is 25.7. The number of benzene rings is 1. The minimum absolute atomic E-state index is 0.0414. The van der Waals surface area contributed by atoms with E-state index in [0.717, 1.165) is 24.5 Å². The molecule has 7 nitrogen and oxygen atoms in total. The first-order valence-electron chi connectivity index (χ1n) is 15.9. The van der Waals surface area contributed by atoms with E-state index in [1.807, 2.05) is 42.2 Å². The van der Waals surface area contributed by atoms with Gasteiger partial charge in [-0.2, -0.15) is 0 Å². The number of aliphatic hydroxyl groups excluding tert-OH is 2. The van der Waals surface area contributed by atoms with Gasteiger partial charge in [0.15, 0.2) is 17.2 Å². The highest BCUT2D eigenvalue weighted by Crippen LogP contribution is 2.75. The van der Waals surface area contributed by atoms with Crippen LogP contribution in [0.5, 0.6) is 0 Å². The number of allylic oxidation sites excluding steroid dienone is 4. The largest absolute Gasteiger partial charge is 0.465 e. The highest BCUT2D eigenvalue weighted by atomic mass is 19.1. The van der Waals surface area contributed by atoms with Gasteiger partial charge < -0.3 is 14.9 Å². The number of fused-ring (bicyclic) bond motifs is 7. The standard InChI is InChI=1S/C35H43F2NO6/c1-4-44-31(43)30-26-16-23-24-17-27(36)25-15-22(40)12-13-32(25,2)35(24,37)28(41)18-33(23,3)34(26,29(42)19-39)20-38(30)14-8-11-21-9-6-5-7-10-21/h5-7,9-10,12-13,15,23-24,26-28,30,39,41H,4,8,11,14,16-20H2,1-3H3/t23-,24-,26-,27-,28-,30?,32-,33-,34+,35-/m0/s1. The minimum Gasteiger partial charge on any atom is -0.465 e. The van der Waals surface area contributed by atoms with Crippen molar-refractivity contribution in [3.8, 4) is 0 Å². The number of aliphatic hydroxyl groups is 2. The van der Waals surface area contributed by atoms with Gasteiger partial charge in [0.05, 0.1) is 18.1 Å². The quantitative estimate of drug-likeness (QED) is 0.429. The van der Waals surface area contributed by atoms with E-state index in [0.29, 0.717) is 6.54 Å². The van der Waals surface area contributed by atoms with Crippen LogP contribution in [0.3, 0.4) is 0 Å². The lowest BCUT2D eigenvalue weighted by atomic mass is 9.43. The summed E-state index contributed by atoms with van der Waals surface area (Å²) in [6.07, 6.45) is 2.05. The number of Topliss-reactive ketones (excluding diaryl/α,β-unsaturated/α-hetero) is 1. The Balaban J connectivity index is 1.40. The Labute approximate surface area is 257 Å². The summed E-state index contributed by atoms with van der Waals surface area (Å²) in [5.74, 6) is -3.44. The van der Waals surface area contributed by atoms with Crippen LogP contribution in [0.15, 0.2) is 54.1 Å². The molecule has 44 heavy (non-hydrogen) atoms. The molecule has 0 aromatic heterocycles. The Morgan fingerprint density at radius 2 is 1.84 bits per heavy atom. The number of rotatable bonds is 8. The lowest BCUT2D eigenvalue weighted by Crippen LogP contribution is -2.69. The van der Waals surface area contributed by atoms with Gasteiger partial charge in [-0.1, -0.05) is 43.3 Å². The third kappa shape index (κ3) is 4.11. The van der Waals surface area contributed by atoms with E-state index in [4.69, 9.17) is 4.74 Å². The van der Waals surface area contributed by atoms with Crippen LogP contribution in [0.1, 0.15) is 52.0 Å². The normalized spacial score (nSPS) is 42.6. The summed E-state index contributed by atoms with van der Waals surface area (Å²) >= 11 is 0. The average molecular weight is 612 g/mol. The molecule has 0 radical (unpaired) electrons. The molecule has 1 saturated heterocycles. The number of halogens is 2. The maximum Gasteiger partial charge on any atom is 0.323 e. The van der Waals surface area contributed by atoms with Gasteiger partial charge in [0.1, 0.15) is 18.8 Å². The number of esters is 1. The van der Waals surface area contributed by atoms with E-state index in [1.54, 1.807) is 13.8 Å². The number of hydrogen-bond acceptors (Lipinski definition) is 7. The fourth-order valence-electron chi connectivity index (χ4n) is 10.4. The van der Waals surface area contributed by atoms with Crippen LogP contribution in [0.2, 0.25) is 0 Å². The van der Waals surface area contributed by atoms with E-state index >= 15 is 8.78 Å². The number of aryl methyl sites for hydroxylation is 1. The van der Waals surface area contributed by atoms with Crippen LogP contribution in [0, 0.1) is 34.0 Å². The molecule has 1 unspecified atom stereocenters. The molecule has 9 heteroatoms. The van der Waals surface area contributed by atoms with Gasteiger partial charge in [-0.3, -0.25) is 19.3 Å². The fraction of sp³-hybridized carbons (Fsp3) is 0.629. The molecule has 10 atom stereocenters. The number of hydrogen-bond donors (Lipinski definition) is 2.